The third kappa shape index (κ3) is 3.75. The zero-order chi connectivity index (χ0) is 13.8. The number of thiophene rings is 1. The SMILES string of the molecule is CC(C(=O)c1ccc(Cl)s1)S(=O)Cc1ccccc1. The molecule has 2 atom stereocenters. The fourth-order valence-electron chi connectivity index (χ4n) is 1.63. The van der Waals surface area contributed by atoms with Crippen molar-refractivity contribution in [2.24, 2.45) is 0 Å². The molecule has 5 heteroatoms. The van der Waals surface area contributed by atoms with E-state index in [4.69, 9.17) is 11.6 Å². The van der Waals surface area contributed by atoms with Crippen LogP contribution < -0.4 is 0 Å². The Bertz CT molecular complexity index is 593. The zero-order valence-corrected chi connectivity index (χ0v) is 12.7. The molecule has 2 unspecified atom stereocenters. The lowest BCUT2D eigenvalue weighted by molar-refractivity contribution is 0.0996. The van der Waals surface area contributed by atoms with Gasteiger partial charge in [-0.25, -0.2) is 0 Å². The number of hydrogen-bond acceptors (Lipinski definition) is 3. The Morgan fingerprint density at radius 1 is 1.26 bits per heavy atom. The van der Waals surface area contributed by atoms with Crippen molar-refractivity contribution in [3.8, 4) is 0 Å². The summed E-state index contributed by atoms with van der Waals surface area (Å²) < 4.78 is 12.8. The number of halogens is 1. The van der Waals surface area contributed by atoms with E-state index in [1.807, 2.05) is 30.3 Å². The molecule has 0 radical (unpaired) electrons. The number of benzene rings is 1. The van der Waals surface area contributed by atoms with E-state index in [0.717, 1.165) is 5.56 Å². The summed E-state index contributed by atoms with van der Waals surface area (Å²) in [5.41, 5.74) is 0.977. The van der Waals surface area contributed by atoms with Gasteiger partial charge in [0, 0.05) is 16.6 Å². The minimum absolute atomic E-state index is 0.105. The van der Waals surface area contributed by atoms with Crippen molar-refractivity contribution in [2.45, 2.75) is 17.9 Å². The second kappa shape index (κ2) is 6.46. The Labute approximate surface area is 123 Å². The molecule has 0 aliphatic carbocycles. The number of Topliss-reactive ketones (excluding diaryl/α,β-unsaturated/α-hetero) is 1. The Kier molecular flexibility index (Phi) is 4.91. The standard InChI is InChI=1S/C14H13ClO2S2/c1-10(14(16)12-7-8-13(15)18-12)19(17)9-11-5-3-2-4-6-11/h2-8,10H,9H2,1H3. The maximum atomic E-state index is 12.2. The summed E-state index contributed by atoms with van der Waals surface area (Å²) in [6, 6.07) is 12.9. The first kappa shape index (κ1) is 14.4. The lowest BCUT2D eigenvalue weighted by Crippen LogP contribution is -2.23. The molecular weight excluding hydrogens is 300 g/mol. The quantitative estimate of drug-likeness (QED) is 0.784. The topological polar surface area (TPSA) is 34.1 Å². The first-order valence-corrected chi connectivity index (χ1v) is 8.36. The van der Waals surface area contributed by atoms with E-state index in [1.165, 1.54) is 11.3 Å². The van der Waals surface area contributed by atoms with Crippen molar-refractivity contribution in [3.05, 3.63) is 57.2 Å². The third-order valence-electron chi connectivity index (χ3n) is 2.73. The van der Waals surface area contributed by atoms with Crippen LogP contribution in [0.2, 0.25) is 4.34 Å². The molecule has 0 saturated heterocycles. The predicted molar refractivity (Wildman–Crippen MR) is 81.4 cm³/mol. The molecule has 2 rings (SSSR count). The van der Waals surface area contributed by atoms with Crippen molar-refractivity contribution in [1.82, 2.24) is 0 Å². The Morgan fingerprint density at radius 3 is 2.53 bits per heavy atom. The molecule has 0 bridgehead atoms. The summed E-state index contributed by atoms with van der Waals surface area (Å²) in [5, 5.41) is -0.519. The van der Waals surface area contributed by atoms with Gasteiger partial charge in [-0.15, -0.1) is 11.3 Å². The number of rotatable bonds is 5. The molecule has 0 spiro atoms. The van der Waals surface area contributed by atoms with Crippen molar-refractivity contribution in [3.63, 3.8) is 0 Å². The van der Waals surface area contributed by atoms with E-state index >= 15 is 0 Å². The summed E-state index contributed by atoms with van der Waals surface area (Å²) in [7, 11) is -1.22. The van der Waals surface area contributed by atoms with Gasteiger partial charge in [-0.1, -0.05) is 41.9 Å². The number of carbonyl (C=O) groups excluding carboxylic acids is 1. The van der Waals surface area contributed by atoms with Gasteiger partial charge < -0.3 is 0 Å². The first-order chi connectivity index (χ1) is 9.08. The molecule has 2 nitrogen and oxygen atoms in total. The van der Waals surface area contributed by atoms with Gasteiger partial charge in [0.1, 0.15) is 0 Å². The molecule has 0 fully saturated rings. The average molecular weight is 313 g/mol. The Balaban J connectivity index is 2.05. The van der Waals surface area contributed by atoms with Gasteiger partial charge in [-0.05, 0) is 24.6 Å². The van der Waals surface area contributed by atoms with Crippen LogP contribution in [0.3, 0.4) is 0 Å². The van der Waals surface area contributed by atoms with Crippen LogP contribution in [-0.4, -0.2) is 15.2 Å². The smallest absolute Gasteiger partial charge is 0.188 e. The minimum atomic E-state index is -1.22. The molecule has 2 aromatic rings. The second-order valence-electron chi connectivity index (χ2n) is 4.12. The van der Waals surface area contributed by atoms with Crippen LogP contribution in [0.15, 0.2) is 42.5 Å². The van der Waals surface area contributed by atoms with E-state index in [9.17, 15) is 9.00 Å². The highest BCUT2D eigenvalue weighted by molar-refractivity contribution is 7.85. The minimum Gasteiger partial charge on any atom is -0.292 e. The molecule has 1 heterocycles. The summed E-state index contributed by atoms with van der Waals surface area (Å²) in [6.45, 7) is 1.70. The molecule has 19 heavy (non-hydrogen) atoms. The van der Waals surface area contributed by atoms with Crippen LogP contribution in [0.4, 0.5) is 0 Å². The van der Waals surface area contributed by atoms with Gasteiger partial charge >= 0.3 is 0 Å². The molecule has 0 N–H and O–H groups in total. The molecule has 100 valence electrons. The maximum absolute atomic E-state index is 12.2. The first-order valence-electron chi connectivity index (χ1n) is 5.78. The van der Waals surface area contributed by atoms with Crippen LogP contribution in [0.5, 0.6) is 0 Å². The number of ketones is 1. The van der Waals surface area contributed by atoms with Crippen molar-refractivity contribution in [2.75, 3.05) is 0 Å². The van der Waals surface area contributed by atoms with E-state index in [-0.39, 0.29) is 5.78 Å². The van der Waals surface area contributed by atoms with Gasteiger partial charge in [0.2, 0.25) is 0 Å². The van der Waals surface area contributed by atoms with Gasteiger partial charge in [0.25, 0.3) is 0 Å². The molecule has 0 saturated carbocycles. The monoisotopic (exact) mass is 312 g/mol. The lowest BCUT2D eigenvalue weighted by Gasteiger charge is -2.09. The molecule has 0 aliphatic heterocycles. The Hall–Kier alpha value is -0.970. The second-order valence-corrected chi connectivity index (χ2v) is 7.59. The fourth-order valence-corrected chi connectivity index (χ4v) is 3.91. The molecule has 1 aromatic heterocycles. The van der Waals surface area contributed by atoms with Gasteiger partial charge in [-0.3, -0.25) is 9.00 Å². The lowest BCUT2D eigenvalue weighted by atomic mass is 10.2. The van der Waals surface area contributed by atoms with Crippen LogP contribution in [0.1, 0.15) is 22.2 Å². The van der Waals surface area contributed by atoms with Crippen LogP contribution >= 0.6 is 22.9 Å². The molecular formula is C14H13ClO2S2. The number of carbonyl (C=O) groups is 1. The summed E-state index contributed by atoms with van der Waals surface area (Å²) in [5.74, 6) is 0.290. The van der Waals surface area contributed by atoms with Gasteiger partial charge in [0.05, 0.1) is 14.5 Å². The highest BCUT2D eigenvalue weighted by atomic mass is 35.5. The van der Waals surface area contributed by atoms with E-state index in [1.54, 1.807) is 19.1 Å². The zero-order valence-electron chi connectivity index (χ0n) is 10.3. The molecule has 0 amide bonds. The van der Waals surface area contributed by atoms with Crippen LogP contribution in [-0.2, 0) is 16.6 Å². The van der Waals surface area contributed by atoms with Gasteiger partial charge in [0.15, 0.2) is 5.78 Å². The average Bonchev–Trinajstić information content (AvgIpc) is 2.85. The summed E-state index contributed by atoms with van der Waals surface area (Å²) in [6.07, 6.45) is 0. The maximum Gasteiger partial charge on any atom is 0.188 e. The summed E-state index contributed by atoms with van der Waals surface area (Å²) >= 11 is 7.04. The van der Waals surface area contributed by atoms with Crippen molar-refractivity contribution < 1.29 is 9.00 Å². The highest BCUT2D eigenvalue weighted by Gasteiger charge is 2.22. The largest absolute Gasteiger partial charge is 0.292 e. The van der Waals surface area contributed by atoms with E-state index in [2.05, 4.69) is 0 Å². The molecule has 0 aliphatic rings. The van der Waals surface area contributed by atoms with Crippen LogP contribution in [0, 0.1) is 0 Å². The number of hydrogen-bond donors (Lipinski definition) is 0. The van der Waals surface area contributed by atoms with Crippen molar-refractivity contribution in [1.29, 1.82) is 0 Å². The van der Waals surface area contributed by atoms with E-state index < -0.39 is 16.0 Å². The van der Waals surface area contributed by atoms with E-state index in [0.29, 0.717) is 15.0 Å². The Morgan fingerprint density at radius 2 is 1.95 bits per heavy atom. The van der Waals surface area contributed by atoms with Crippen LogP contribution in [0.25, 0.3) is 0 Å². The fraction of sp³-hybridized carbons (Fsp3) is 0.214. The van der Waals surface area contributed by atoms with Crippen molar-refractivity contribution >= 4 is 39.5 Å². The summed E-state index contributed by atoms with van der Waals surface area (Å²) in [4.78, 5) is 12.7. The predicted octanol–water partition coefficient (Wildman–Crippen LogP) is 3.92. The highest BCUT2D eigenvalue weighted by Crippen LogP contribution is 2.24. The third-order valence-corrected chi connectivity index (χ3v) is 5.60. The normalized spacial score (nSPS) is 14.0. The van der Waals surface area contributed by atoms with Gasteiger partial charge in [-0.2, -0.15) is 0 Å². The molecule has 1 aromatic carbocycles.